The van der Waals surface area contributed by atoms with Crippen LogP contribution in [-0.2, 0) is 22.4 Å². The number of hydrogen-bond acceptors (Lipinski definition) is 5. The normalized spacial score (nSPS) is 21.2. The average Bonchev–Trinajstić information content (AvgIpc) is 3.27. The molecule has 1 aliphatic carbocycles. The van der Waals surface area contributed by atoms with E-state index in [1.165, 1.54) is 19.2 Å². The standard InChI is InChI=1S/C29H32F3N3O4/c1-16-4-10-21-23(34(16)29(37)38-3)11-12-24-27(21)33-26(35(24)20-8-6-19(7-9-20)17(2)36)15-18-5-13-25(22(30)14-18)39-28(31)32/h5,11-14,16,19-20,28H,4,6-10,15H2,1-3H3/t16-,19?,20?/m0/s1. The maximum atomic E-state index is 14.5. The van der Waals surface area contributed by atoms with Crippen molar-refractivity contribution >= 4 is 28.6 Å². The summed E-state index contributed by atoms with van der Waals surface area (Å²) in [6.45, 7) is 0.509. The Morgan fingerprint density at radius 2 is 1.85 bits per heavy atom. The summed E-state index contributed by atoms with van der Waals surface area (Å²) in [6, 6.07) is 7.95. The number of benzene rings is 2. The van der Waals surface area contributed by atoms with Gasteiger partial charge in [-0.25, -0.2) is 14.2 Å². The highest BCUT2D eigenvalue weighted by atomic mass is 19.3. The van der Waals surface area contributed by atoms with Gasteiger partial charge >= 0.3 is 12.7 Å². The number of methoxy groups -OCH3 is 1. The molecule has 1 aromatic heterocycles. The third-order valence-corrected chi connectivity index (χ3v) is 8.11. The van der Waals surface area contributed by atoms with Gasteiger partial charge in [-0.2, -0.15) is 8.78 Å². The van der Waals surface area contributed by atoms with Crippen molar-refractivity contribution in [1.82, 2.24) is 9.55 Å². The molecule has 10 heteroatoms. The summed E-state index contributed by atoms with van der Waals surface area (Å²) >= 11 is 0. The number of alkyl halides is 2. The van der Waals surface area contributed by atoms with E-state index < -0.39 is 24.3 Å². The molecule has 1 fully saturated rings. The van der Waals surface area contributed by atoms with E-state index in [-0.39, 0.29) is 30.2 Å². The highest BCUT2D eigenvalue weighted by Crippen LogP contribution is 2.41. The average molecular weight is 544 g/mol. The summed E-state index contributed by atoms with van der Waals surface area (Å²) in [5, 5.41) is 0. The first kappa shape index (κ1) is 27.0. The van der Waals surface area contributed by atoms with E-state index in [0.717, 1.165) is 66.6 Å². The number of carbonyl (C=O) groups is 2. The first-order chi connectivity index (χ1) is 18.7. The van der Waals surface area contributed by atoms with Gasteiger partial charge in [0, 0.05) is 30.0 Å². The Kier molecular flexibility index (Phi) is 7.55. The Bertz CT molecular complexity index is 1400. The summed E-state index contributed by atoms with van der Waals surface area (Å²) in [4.78, 5) is 31.3. The number of halogens is 3. The van der Waals surface area contributed by atoms with Gasteiger partial charge in [-0.1, -0.05) is 6.07 Å². The van der Waals surface area contributed by atoms with Crippen LogP contribution in [0.2, 0.25) is 0 Å². The van der Waals surface area contributed by atoms with Crippen LogP contribution in [0.5, 0.6) is 5.75 Å². The first-order valence-corrected chi connectivity index (χ1v) is 13.3. The van der Waals surface area contributed by atoms with Crippen LogP contribution in [0.1, 0.15) is 68.9 Å². The molecule has 3 aromatic rings. The van der Waals surface area contributed by atoms with E-state index in [0.29, 0.717) is 5.56 Å². The van der Waals surface area contributed by atoms with Gasteiger partial charge < -0.3 is 14.0 Å². The molecule has 7 nitrogen and oxygen atoms in total. The fourth-order valence-electron chi connectivity index (χ4n) is 6.12. The van der Waals surface area contributed by atoms with Gasteiger partial charge in [0.15, 0.2) is 11.6 Å². The van der Waals surface area contributed by atoms with Crippen LogP contribution in [-0.4, -0.2) is 41.2 Å². The van der Waals surface area contributed by atoms with E-state index in [2.05, 4.69) is 9.30 Å². The van der Waals surface area contributed by atoms with Crippen molar-refractivity contribution in [1.29, 1.82) is 0 Å². The molecule has 0 bridgehead atoms. The molecular weight excluding hydrogens is 511 g/mol. The first-order valence-electron chi connectivity index (χ1n) is 13.3. The van der Waals surface area contributed by atoms with Gasteiger partial charge in [0.25, 0.3) is 0 Å². The zero-order valence-corrected chi connectivity index (χ0v) is 22.3. The topological polar surface area (TPSA) is 73.7 Å². The van der Waals surface area contributed by atoms with Crippen molar-refractivity contribution in [2.24, 2.45) is 5.92 Å². The number of Topliss-reactive ketones (excluding diaryl/α,β-unsaturated/α-hetero) is 1. The lowest BCUT2D eigenvalue weighted by Crippen LogP contribution is -2.42. The molecule has 0 radical (unpaired) electrons. The minimum Gasteiger partial charge on any atom is -0.452 e. The molecule has 1 saturated carbocycles. The molecule has 208 valence electrons. The van der Waals surface area contributed by atoms with Crippen molar-refractivity contribution in [3.63, 3.8) is 0 Å². The minimum absolute atomic E-state index is 0.0252. The third kappa shape index (κ3) is 5.21. The van der Waals surface area contributed by atoms with E-state index in [9.17, 15) is 22.8 Å². The van der Waals surface area contributed by atoms with Crippen molar-refractivity contribution in [2.45, 2.75) is 77.5 Å². The quantitative estimate of drug-likeness (QED) is 0.351. The molecule has 39 heavy (non-hydrogen) atoms. The molecule has 2 aliphatic rings. The second-order valence-electron chi connectivity index (χ2n) is 10.5. The number of aryl methyl sites for hydroxylation is 1. The second kappa shape index (κ2) is 10.9. The smallest absolute Gasteiger partial charge is 0.414 e. The molecule has 0 saturated heterocycles. The molecule has 0 unspecified atom stereocenters. The van der Waals surface area contributed by atoms with Gasteiger partial charge in [-0.3, -0.25) is 9.69 Å². The Morgan fingerprint density at radius 3 is 2.49 bits per heavy atom. The van der Waals surface area contributed by atoms with Gasteiger partial charge in [0.2, 0.25) is 0 Å². The number of ketones is 1. The summed E-state index contributed by atoms with van der Waals surface area (Å²) in [7, 11) is 1.36. The number of anilines is 1. The van der Waals surface area contributed by atoms with E-state index >= 15 is 0 Å². The monoisotopic (exact) mass is 543 g/mol. The number of fused-ring (bicyclic) bond motifs is 3. The summed E-state index contributed by atoms with van der Waals surface area (Å²) in [6.07, 6.45) is 4.53. The van der Waals surface area contributed by atoms with Gasteiger partial charge in [-0.15, -0.1) is 0 Å². The number of ether oxygens (including phenoxy) is 2. The molecule has 0 N–H and O–H groups in total. The Labute approximate surface area is 224 Å². The Hall–Kier alpha value is -3.56. The maximum Gasteiger partial charge on any atom is 0.414 e. The summed E-state index contributed by atoms with van der Waals surface area (Å²) < 4.78 is 51.2. The van der Waals surface area contributed by atoms with E-state index in [4.69, 9.17) is 9.72 Å². The zero-order valence-electron chi connectivity index (χ0n) is 22.3. The minimum atomic E-state index is -3.11. The predicted octanol–water partition coefficient (Wildman–Crippen LogP) is 6.60. The molecule has 0 spiro atoms. The van der Waals surface area contributed by atoms with Crippen LogP contribution in [0.3, 0.4) is 0 Å². The highest BCUT2D eigenvalue weighted by molar-refractivity contribution is 5.95. The van der Waals surface area contributed by atoms with Crippen molar-refractivity contribution in [3.05, 3.63) is 53.1 Å². The Morgan fingerprint density at radius 1 is 1.10 bits per heavy atom. The van der Waals surface area contributed by atoms with Gasteiger partial charge in [0.1, 0.15) is 11.6 Å². The lowest BCUT2D eigenvalue weighted by atomic mass is 9.83. The van der Waals surface area contributed by atoms with Crippen LogP contribution in [0.25, 0.3) is 11.0 Å². The van der Waals surface area contributed by atoms with Crippen LogP contribution < -0.4 is 9.64 Å². The lowest BCUT2D eigenvalue weighted by Gasteiger charge is -2.34. The molecule has 1 amide bonds. The number of imidazole rings is 1. The SMILES string of the molecule is COC(=O)N1c2ccc3c(nc(Cc4ccc(OC(F)F)c(F)c4)n3C3CCC(C(C)=O)CC3)c2CC[C@@H]1C. The number of aromatic nitrogens is 2. The maximum absolute atomic E-state index is 14.5. The van der Waals surface area contributed by atoms with Crippen LogP contribution in [0.15, 0.2) is 30.3 Å². The van der Waals surface area contributed by atoms with Crippen LogP contribution >= 0.6 is 0 Å². The molecule has 2 aromatic carbocycles. The number of amides is 1. The van der Waals surface area contributed by atoms with Gasteiger partial charge in [0.05, 0.1) is 23.8 Å². The second-order valence-corrected chi connectivity index (χ2v) is 10.5. The fraction of sp³-hybridized carbons (Fsp3) is 0.483. The summed E-state index contributed by atoms with van der Waals surface area (Å²) in [5.74, 6) is -0.390. The zero-order chi connectivity index (χ0) is 27.8. The third-order valence-electron chi connectivity index (χ3n) is 8.11. The van der Waals surface area contributed by atoms with Crippen molar-refractivity contribution in [3.8, 4) is 5.75 Å². The fourth-order valence-corrected chi connectivity index (χ4v) is 6.12. The van der Waals surface area contributed by atoms with Gasteiger partial charge in [-0.05, 0) is 82.2 Å². The summed E-state index contributed by atoms with van der Waals surface area (Å²) in [5.41, 5.74) is 4.01. The predicted molar refractivity (Wildman–Crippen MR) is 140 cm³/mol. The molecular formula is C29H32F3N3O4. The van der Waals surface area contributed by atoms with Crippen LogP contribution in [0, 0.1) is 11.7 Å². The van der Waals surface area contributed by atoms with E-state index in [1.807, 2.05) is 19.1 Å². The number of rotatable bonds is 6. The van der Waals surface area contributed by atoms with Crippen LogP contribution in [0.4, 0.5) is 23.7 Å². The number of hydrogen-bond donors (Lipinski definition) is 0. The number of carbonyl (C=O) groups excluding carboxylic acids is 2. The van der Waals surface area contributed by atoms with Crippen molar-refractivity contribution in [2.75, 3.05) is 12.0 Å². The molecule has 2 heterocycles. The molecule has 1 atom stereocenters. The Balaban J connectivity index is 1.58. The number of nitrogens with zero attached hydrogens (tertiary/aromatic N) is 3. The highest BCUT2D eigenvalue weighted by Gasteiger charge is 2.33. The molecule has 1 aliphatic heterocycles. The largest absolute Gasteiger partial charge is 0.452 e. The molecule has 5 rings (SSSR count). The lowest BCUT2D eigenvalue weighted by molar-refractivity contribution is -0.121. The van der Waals surface area contributed by atoms with E-state index in [1.54, 1.807) is 17.9 Å². The van der Waals surface area contributed by atoms with Crippen molar-refractivity contribution < 1.29 is 32.2 Å².